The van der Waals surface area contributed by atoms with Gasteiger partial charge in [-0.25, -0.2) is 0 Å². The van der Waals surface area contributed by atoms with Crippen LogP contribution in [0.15, 0.2) is 24.5 Å². The number of nitrogens with two attached hydrogens (primary N) is 1. The van der Waals surface area contributed by atoms with E-state index in [2.05, 4.69) is 11.2 Å². The molecule has 0 aliphatic carbocycles. The minimum absolute atomic E-state index is 0.145. The molecule has 1 heterocycles. The van der Waals surface area contributed by atoms with Crippen molar-refractivity contribution in [2.45, 2.75) is 12.5 Å². The molecule has 0 aromatic carbocycles. The summed E-state index contributed by atoms with van der Waals surface area (Å²) in [5.74, 6) is 1.11. The largest absolute Gasteiger partial charge is 0.324 e. The highest BCUT2D eigenvalue weighted by molar-refractivity contribution is 7.98. The normalized spacial score (nSPS) is 12.8. The Morgan fingerprint density at radius 1 is 1.67 bits per heavy atom. The van der Waals surface area contributed by atoms with Gasteiger partial charge in [-0.05, 0) is 30.1 Å². The lowest BCUT2D eigenvalue weighted by Crippen LogP contribution is -2.11. The number of hydrogen-bond donors (Lipinski definition) is 1. The fourth-order valence-corrected chi connectivity index (χ4v) is 1.50. The van der Waals surface area contributed by atoms with Crippen LogP contribution >= 0.6 is 11.8 Å². The van der Waals surface area contributed by atoms with Crippen LogP contribution in [0.1, 0.15) is 18.0 Å². The first-order valence-corrected chi connectivity index (χ1v) is 5.38. The molecule has 0 amide bonds. The average Bonchev–Trinajstić information content (AvgIpc) is 2.15. The molecule has 2 nitrogen and oxygen atoms in total. The lowest BCUT2D eigenvalue weighted by molar-refractivity contribution is 0.702. The highest BCUT2D eigenvalue weighted by Gasteiger charge is 2.03. The minimum Gasteiger partial charge on any atom is -0.324 e. The topological polar surface area (TPSA) is 38.9 Å². The van der Waals surface area contributed by atoms with Crippen LogP contribution < -0.4 is 5.73 Å². The molecule has 0 aliphatic heterocycles. The molecule has 66 valence electrons. The Morgan fingerprint density at radius 2 is 2.50 bits per heavy atom. The third-order valence-corrected chi connectivity index (χ3v) is 2.39. The van der Waals surface area contributed by atoms with E-state index in [1.165, 1.54) is 0 Å². The van der Waals surface area contributed by atoms with Gasteiger partial charge in [0.2, 0.25) is 0 Å². The minimum atomic E-state index is 0.145. The van der Waals surface area contributed by atoms with Gasteiger partial charge in [0.1, 0.15) is 0 Å². The van der Waals surface area contributed by atoms with E-state index in [4.69, 9.17) is 5.73 Å². The first kappa shape index (κ1) is 9.55. The van der Waals surface area contributed by atoms with Crippen LogP contribution in [0.5, 0.6) is 0 Å². The summed E-state index contributed by atoms with van der Waals surface area (Å²) in [4.78, 5) is 4.03. The molecule has 1 atom stereocenters. The summed E-state index contributed by atoms with van der Waals surface area (Å²) in [5, 5.41) is 0. The Morgan fingerprint density at radius 3 is 3.08 bits per heavy atom. The van der Waals surface area contributed by atoms with Crippen molar-refractivity contribution in [2.75, 3.05) is 12.0 Å². The first-order valence-electron chi connectivity index (χ1n) is 3.99. The zero-order valence-electron chi connectivity index (χ0n) is 7.23. The van der Waals surface area contributed by atoms with Gasteiger partial charge < -0.3 is 5.73 Å². The standard InChI is InChI=1S/C9H14N2S/c1-12-6-4-9(10)8-3-2-5-11-7-8/h2-3,5,7,9H,4,6,10H2,1H3. The second kappa shape index (κ2) is 5.17. The van der Waals surface area contributed by atoms with Crippen LogP contribution in [0.3, 0.4) is 0 Å². The number of aromatic nitrogens is 1. The van der Waals surface area contributed by atoms with E-state index in [1.807, 2.05) is 30.1 Å². The average molecular weight is 182 g/mol. The van der Waals surface area contributed by atoms with Crippen molar-refractivity contribution in [2.24, 2.45) is 5.73 Å². The number of thioether (sulfide) groups is 1. The third-order valence-electron chi connectivity index (χ3n) is 1.75. The van der Waals surface area contributed by atoms with Crippen molar-refractivity contribution < 1.29 is 0 Å². The monoisotopic (exact) mass is 182 g/mol. The van der Waals surface area contributed by atoms with Crippen molar-refractivity contribution in [3.8, 4) is 0 Å². The van der Waals surface area contributed by atoms with E-state index in [0.29, 0.717) is 0 Å². The summed E-state index contributed by atoms with van der Waals surface area (Å²) in [6.45, 7) is 0. The maximum atomic E-state index is 5.93. The van der Waals surface area contributed by atoms with E-state index in [0.717, 1.165) is 17.7 Å². The van der Waals surface area contributed by atoms with Gasteiger partial charge in [-0.15, -0.1) is 0 Å². The summed E-state index contributed by atoms with van der Waals surface area (Å²) in [7, 11) is 0. The molecular formula is C9H14N2S. The van der Waals surface area contributed by atoms with Gasteiger partial charge in [-0.1, -0.05) is 6.07 Å². The molecule has 1 unspecified atom stereocenters. The van der Waals surface area contributed by atoms with Crippen molar-refractivity contribution >= 4 is 11.8 Å². The van der Waals surface area contributed by atoms with E-state index < -0.39 is 0 Å². The van der Waals surface area contributed by atoms with Crippen LogP contribution in [-0.4, -0.2) is 17.0 Å². The van der Waals surface area contributed by atoms with Crippen molar-refractivity contribution in [3.63, 3.8) is 0 Å². The van der Waals surface area contributed by atoms with Crippen LogP contribution in [-0.2, 0) is 0 Å². The van der Waals surface area contributed by atoms with Crippen molar-refractivity contribution in [1.29, 1.82) is 0 Å². The highest BCUT2D eigenvalue weighted by atomic mass is 32.2. The summed E-state index contributed by atoms with van der Waals surface area (Å²) in [6, 6.07) is 4.10. The van der Waals surface area contributed by atoms with Crippen molar-refractivity contribution in [1.82, 2.24) is 4.98 Å². The maximum absolute atomic E-state index is 5.93. The molecule has 1 aromatic rings. The second-order valence-corrected chi connectivity index (χ2v) is 3.66. The molecule has 1 rings (SSSR count). The SMILES string of the molecule is CSCCC(N)c1cccnc1. The molecule has 0 saturated carbocycles. The van der Waals surface area contributed by atoms with Gasteiger partial charge in [0.25, 0.3) is 0 Å². The van der Waals surface area contributed by atoms with Crippen LogP contribution in [0, 0.1) is 0 Å². The lowest BCUT2D eigenvalue weighted by Gasteiger charge is -2.09. The summed E-state index contributed by atoms with van der Waals surface area (Å²) >= 11 is 1.82. The van der Waals surface area contributed by atoms with E-state index in [-0.39, 0.29) is 6.04 Å². The Hall–Kier alpha value is -0.540. The number of nitrogens with zero attached hydrogens (tertiary/aromatic N) is 1. The van der Waals surface area contributed by atoms with Crippen LogP contribution in [0.25, 0.3) is 0 Å². The molecule has 2 N–H and O–H groups in total. The quantitative estimate of drug-likeness (QED) is 0.772. The predicted octanol–water partition coefficient (Wildman–Crippen LogP) is 1.83. The number of pyridine rings is 1. The first-order chi connectivity index (χ1) is 5.84. The number of rotatable bonds is 4. The maximum Gasteiger partial charge on any atom is 0.0318 e. The zero-order chi connectivity index (χ0) is 8.81. The van der Waals surface area contributed by atoms with Gasteiger partial charge in [-0.3, -0.25) is 4.98 Å². The molecule has 0 saturated heterocycles. The van der Waals surface area contributed by atoms with Crippen LogP contribution in [0.4, 0.5) is 0 Å². The lowest BCUT2D eigenvalue weighted by atomic mass is 10.1. The summed E-state index contributed by atoms with van der Waals surface area (Å²) in [6.07, 6.45) is 6.72. The molecule has 3 heteroatoms. The van der Waals surface area contributed by atoms with Gasteiger partial charge in [0.05, 0.1) is 0 Å². The van der Waals surface area contributed by atoms with Crippen molar-refractivity contribution in [3.05, 3.63) is 30.1 Å². The Balaban J connectivity index is 2.48. The molecule has 0 bridgehead atoms. The molecule has 0 spiro atoms. The number of hydrogen-bond acceptors (Lipinski definition) is 3. The Bertz CT molecular complexity index is 213. The zero-order valence-corrected chi connectivity index (χ0v) is 8.05. The molecule has 0 fully saturated rings. The fourth-order valence-electron chi connectivity index (χ4n) is 1.01. The van der Waals surface area contributed by atoms with E-state index in [9.17, 15) is 0 Å². The third kappa shape index (κ3) is 2.83. The summed E-state index contributed by atoms with van der Waals surface area (Å²) < 4.78 is 0. The highest BCUT2D eigenvalue weighted by Crippen LogP contribution is 2.13. The molecule has 1 aromatic heterocycles. The molecular weight excluding hydrogens is 168 g/mol. The molecule has 12 heavy (non-hydrogen) atoms. The van der Waals surface area contributed by atoms with Crippen LogP contribution in [0.2, 0.25) is 0 Å². The Kier molecular flexibility index (Phi) is 4.11. The molecule has 0 radical (unpaired) electrons. The fraction of sp³-hybridized carbons (Fsp3) is 0.444. The Labute approximate surface area is 77.6 Å². The van der Waals surface area contributed by atoms with Gasteiger partial charge in [0.15, 0.2) is 0 Å². The van der Waals surface area contributed by atoms with Gasteiger partial charge in [-0.2, -0.15) is 11.8 Å². The second-order valence-electron chi connectivity index (χ2n) is 2.67. The predicted molar refractivity (Wildman–Crippen MR) is 54.2 cm³/mol. The van der Waals surface area contributed by atoms with E-state index >= 15 is 0 Å². The smallest absolute Gasteiger partial charge is 0.0318 e. The van der Waals surface area contributed by atoms with Gasteiger partial charge in [0, 0.05) is 18.4 Å². The molecule has 0 aliphatic rings. The van der Waals surface area contributed by atoms with Gasteiger partial charge >= 0.3 is 0 Å². The van der Waals surface area contributed by atoms with E-state index in [1.54, 1.807) is 6.20 Å². The summed E-state index contributed by atoms with van der Waals surface area (Å²) in [5.41, 5.74) is 7.06.